The van der Waals surface area contributed by atoms with Crippen molar-refractivity contribution in [2.75, 3.05) is 13.6 Å². The van der Waals surface area contributed by atoms with Gasteiger partial charge in [-0.15, -0.1) is 0 Å². The second-order valence-corrected chi connectivity index (χ2v) is 7.18. The first kappa shape index (κ1) is 15.5. The molecule has 0 bridgehead atoms. The fourth-order valence-corrected chi connectivity index (χ4v) is 3.15. The lowest BCUT2D eigenvalue weighted by Crippen LogP contribution is -2.42. The molecule has 5 heteroatoms. The van der Waals surface area contributed by atoms with Crippen LogP contribution in [0.25, 0.3) is 0 Å². The maximum absolute atomic E-state index is 12.4. The van der Waals surface area contributed by atoms with Crippen LogP contribution in [0.4, 0.5) is 0 Å². The average molecular weight is 304 g/mol. The Labute approximate surface area is 133 Å². The van der Waals surface area contributed by atoms with Crippen LogP contribution in [0.2, 0.25) is 0 Å². The SMILES string of the molecule is CC(C)N(C)Cc1cnc2n1CCN(C(=O)CC1CC1)C2C. The molecule has 0 saturated heterocycles. The summed E-state index contributed by atoms with van der Waals surface area (Å²) in [4.78, 5) is 21.4. The van der Waals surface area contributed by atoms with Crippen molar-refractivity contribution < 1.29 is 4.79 Å². The summed E-state index contributed by atoms with van der Waals surface area (Å²) in [6.07, 6.45) is 5.18. The lowest BCUT2D eigenvalue weighted by atomic mass is 10.1. The molecule has 5 nitrogen and oxygen atoms in total. The molecule has 0 aromatic carbocycles. The molecule has 2 heterocycles. The van der Waals surface area contributed by atoms with Gasteiger partial charge in [-0.05, 0) is 46.6 Å². The van der Waals surface area contributed by atoms with Gasteiger partial charge in [0.25, 0.3) is 0 Å². The fourth-order valence-electron chi connectivity index (χ4n) is 3.15. The van der Waals surface area contributed by atoms with Crippen molar-refractivity contribution in [3.8, 4) is 0 Å². The molecule has 0 N–H and O–H groups in total. The first-order valence-corrected chi connectivity index (χ1v) is 8.51. The van der Waals surface area contributed by atoms with Gasteiger partial charge in [-0.2, -0.15) is 0 Å². The Kier molecular flexibility index (Phi) is 4.26. The number of imidazole rings is 1. The monoisotopic (exact) mass is 304 g/mol. The molecule has 0 spiro atoms. The molecule has 1 aliphatic carbocycles. The number of amides is 1. The summed E-state index contributed by atoms with van der Waals surface area (Å²) in [7, 11) is 2.14. The maximum Gasteiger partial charge on any atom is 0.223 e. The molecule has 2 aliphatic rings. The van der Waals surface area contributed by atoms with Gasteiger partial charge in [0.05, 0.1) is 11.7 Å². The Morgan fingerprint density at radius 2 is 2.14 bits per heavy atom. The number of fused-ring (bicyclic) bond motifs is 1. The van der Waals surface area contributed by atoms with Crippen LogP contribution in [0.1, 0.15) is 57.6 Å². The molecule has 22 heavy (non-hydrogen) atoms. The Balaban J connectivity index is 1.72. The van der Waals surface area contributed by atoms with E-state index in [4.69, 9.17) is 0 Å². The number of hydrogen-bond acceptors (Lipinski definition) is 3. The van der Waals surface area contributed by atoms with Crippen molar-refractivity contribution >= 4 is 5.91 Å². The third kappa shape index (κ3) is 3.05. The largest absolute Gasteiger partial charge is 0.331 e. The molecule has 1 amide bonds. The lowest BCUT2D eigenvalue weighted by molar-refractivity contribution is -0.134. The van der Waals surface area contributed by atoms with E-state index in [2.05, 4.69) is 42.3 Å². The number of rotatable bonds is 5. The highest BCUT2D eigenvalue weighted by Crippen LogP contribution is 2.35. The Hall–Kier alpha value is -1.36. The van der Waals surface area contributed by atoms with Crippen molar-refractivity contribution in [3.63, 3.8) is 0 Å². The minimum absolute atomic E-state index is 0.0955. The number of carbonyl (C=O) groups excluding carboxylic acids is 1. The number of hydrogen-bond donors (Lipinski definition) is 0. The van der Waals surface area contributed by atoms with Crippen LogP contribution in [0.15, 0.2) is 6.20 Å². The zero-order valence-electron chi connectivity index (χ0n) is 14.2. The van der Waals surface area contributed by atoms with E-state index in [1.807, 2.05) is 11.1 Å². The predicted molar refractivity (Wildman–Crippen MR) is 86.3 cm³/mol. The lowest BCUT2D eigenvalue weighted by Gasteiger charge is -2.35. The van der Waals surface area contributed by atoms with Gasteiger partial charge in [0.2, 0.25) is 5.91 Å². The summed E-state index contributed by atoms with van der Waals surface area (Å²) in [5.41, 5.74) is 1.26. The Morgan fingerprint density at radius 3 is 2.77 bits per heavy atom. The molecule has 1 aromatic rings. The van der Waals surface area contributed by atoms with Crippen LogP contribution < -0.4 is 0 Å². The van der Waals surface area contributed by atoms with E-state index >= 15 is 0 Å². The standard InChI is InChI=1S/C17H28N4O/c1-12(2)19(4)11-15-10-18-17-13(3)20(7-8-21(15)17)16(22)9-14-5-6-14/h10,12-14H,5-9,11H2,1-4H3. The summed E-state index contributed by atoms with van der Waals surface area (Å²) in [5.74, 6) is 2.00. The van der Waals surface area contributed by atoms with Crippen molar-refractivity contribution in [1.82, 2.24) is 19.4 Å². The summed E-state index contributed by atoms with van der Waals surface area (Å²) in [6.45, 7) is 9.11. The third-order valence-electron chi connectivity index (χ3n) is 5.15. The van der Waals surface area contributed by atoms with Crippen LogP contribution in [0.5, 0.6) is 0 Å². The normalized spacial score (nSPS) is 21.5. The highest BCUT2D eigenvalue weighted by molar-refractivity contribution is 5.77. The quantitative estimate of drug-likeness (QED) is 0.839. The van der Waals surface area contributed by atoms with Crippen LogP contribution in [-0.4, -0.2) is 44.9 Å². The van der Waals surface area contributed by atoms with E-state index in [-0.39, 0.29) is 6.04 Å². The van der Waals surface area contributed by atoms with Gasteiger partial charge >= 0.3 is 0 Å². The molecule has 1 atom stereocenters. The van der Waals surface area contributed by atoms with Gasteiger partial charge in [0.15, 0.2) is 0 Å². The zero-order valence-corrected chi connectivity index (χ0v) is 14.2. The van der Waals surface area contributed by atoms with E-state index in [0.29, 0.717) is 17.9 Å². The fraction of sp³-hybridized carbons (Fsp3) is 0.765. The van der Waals surface area contributed by atoms with Crippen LogP contribution in [0, 0.1) is 5.92 Å². The van der Waals surface area contributed by atoms with Gasteiger partial charge < -0.3 is 9.47 Å². The molecule has 3 rings (SSSR count). The molecule has 1 saturated carbocycles. The van der Waals surface area contributed by atoms with Gasteiger partial charge in [-0.1, -0.05) is 0 Å². The van der Waals surface area contributed by atoms with E-state index in [9.17, 15) is 4.79 Å². The molecular formula is C17H28N4O. The molecule has 1 aromatic heterocycles. The topological polar surface area (TPSA) is 41.4 Å². The highest BCUT2D eigenvalue weighted by Gasteiger charge is 2.33. The Morgan fingerprint density at radius 1 is 1.41 bits per heavy atom. The van der Waals surface area contributed by atoms with E-state index in [1.165, 1.54) is 18.5 Å². The number of carbonyl (C=O) groups is 1. The van der Waals surface area contributed by atoms with Crippen LogP contribution in [0.3, 0.4) is 0 Å². The molecule has 122 valence electrons. The molecular weight excluding hydrogens is 276 g/mol. The molecule has 1 unspecified atom stereocenters. The maximum atomic E-state index is 12.4. The van der Waals surface area contributed by atoms with Crippen LogP contribution in [-0.2, 0) is 17.9 Å². The number of aromatic nitrogens is 2. The van der Waals surface area contributed by atoms with Crippen LogP contribution >= 0.6 is 0 Å². The van der Waals surface area contributed by atoms with Gasteiger partial charge in [-0.3, -0.25) is 9.69 Å². The smallest absolute Gasteiger partial charge is 0.223 e. The first-order chi connectivity index (χ1) is 10.5. The summed E-state index contributed by atoms with van der Waals surface area (Å²) < 4.78 is 2.31. The second-order valence-electron chi connectivity index (χ2n) is 7.18. The van der Waals surface area contributed by atoms with Crippen molar-refractivity contribution in [2.45, 2.75) is 65.2 Å². The molecule has 1 aliphatic heterocycles. The first-order valence-electron chi connectivity index (χ1n) is 8.51. The number of nitrogens with zero attached hydrogens (tertiary/aromatic N) is 4. The van der Waals surface area contributed by atoms with Gasteiger partial charge in [0, 0.05) is 38.3 Å². The van der Waals surface area contributed by atoms with Crippen molar-refractivity contribution in [1.29, 1.82) is 0 Å². The average Bonchev–Trinajstić information content (AvgIpc) is 3.18. The molecule has 0 radical (unpaired) electrons. The summed E-state index contributed by atoms with van der Waals surface area (Å²) >= 11 is 0. The predicted octanol–water partition coefficient (Wildman–Crippen LogP) is 2.43. The summed E-state index contributed by atoms with van der Waals surface area (Å²) in [5, 5.41) is 0. The summed E-state index contributed by atoms with van der Waals surface area (Å²) in [6, 6.07) is 0.613. The van der Waals surface area contributed by atoms with Crippen molar-refractivity contribution in [3.05, 3.63) is 17.7 Å². The third-order valence-corrected chi connectivity index (χ3v) is 5.15. The second kappa shape index (κ2) is 6.03. The van der Waals surface area contributed by atoms with E-state index in [0.717, 1.165) is 31.9 Å². The highest BCUT2D eigenvalue weighted by atomic mass is 16.2. The minimum atomic E-state index is 0.0955. The van der Waals surface area contributed by atoms with E-state index in [1.54, 1.807) is 0 Å². The van der Waals surface area contributed by atoms with Gasteiger partial charge in [0.1, 0.15) is 5.82 Å². The zero-order chi connectivity index (χ0) is 15.9. The minimum Gasteiger partial charge on any atom is -0.331 e. The van der Waals surface area contributed by atoms with E-state index < -0.39 is 0 Å². The van der Waals surface area contributed by atoms with Crippen molar-refractivity contribution in [2.24, 2.45) is 5.92 Å². The molecule has 1 fully saturated rings. The van der Waals surface area contributed by atoms with Gasteiger partial charge in [-0.25, -0.2) is 4.98 Å². The Bertz CT molecular complexity index is 547.